The lowest BCUT2D eigenvalue weighted by Crippen LogP contribution is -2.05. The van der Waals surface area contributed by atoms with Crippen molar-refractivity contribution in [3.63, 3.8) is 0 Å². The zero-order valence-corrected chi connectivity index (χ0v) is 15.2. The van der Waals surface area contributed by atoms with Crippen LogP contribution in [0.1, 0.15) is 29.9 Å². The van der Waals surface area contributed by atoms with Crippen LogP contribution in [0, 0.1) is 0 Å². The van der Waals surface area contributed by atoms with Crippen LogP contribution in [-0.2, 0) is 10.9 Å². The van der Waals surface area contributed by atoms with Gasteiger partial charge < -0.3 is 14.5 Å². The number of alkyl halides is 3. The number of rotatable bonds is 4. The van der Waals surface area contributed by atoms with Crippen LogP contribution in [0.5, 0.6) is 0 Å². The summed E-state index contributed by atoms with van der Waals surface area (Å²) in [6.45, 7) is 4.00. The number of hydrogen-bond donors (Lipinski definition) is 1. The Balaban J connectivity index is 0.00000136. The molecule has 0 radical (unpaired) electrons. The van der Waals surface area contributed by atoms with Gasteiger partial charge in [0.2, 0.25) is 0 Å². The summed E-state index contributed by atoms with van der Waals surface area (Å²) in [6, 6.07) is 5.22. The van der Waals surface area contributed by atoms with Crippen LogP contribution in [0.2, 0.25) is 0 Å². The molecule has 0 aromatic carbocycles. The normalized spacial score (nSPS) is 10.6. The summed E-state index contributed by atoms with van der Waals surface area (Å²) >= 11 is 0. The van der Waals surface area contributed by atoms with E-state index in [2.05, 4.69) is 25.0 Å². The Hall–Kier alpha value is -3.43. The largest absolute Gasteiger partial charge is 0.464 e. The van der Waals surface area contributed by atoms with Gasteiger partial charge in [-0.15, -0.1) is 0 Å². The van der Waals surface area contributed by atoms with Crippen molar-refractivity contribution in [3.05, 3.63) is 54.1 Å². The number of carbonyl (C=O) groups excluding carboxylic acids is 1. The lowest BCUT2D eigenvalue weighted by atomic mass is 10.2. The van der Waals surface area contributed by atoms with Crippen molar-refractivity contribution in [3.8, 4) is 11.5 Å². The van der Waals surface area contributed by atoms with E-state index in [0.717, 1.165) is 12.3 Å². The molecule has 0 unspecified atom stereocenters. The molecule has 0 aliphatic carbocycles. The van der Waals surface area contributed by atoms with Crippen molar-refractivity contribution in [1.29, 1.82) is 0 Å². The molecule has 3 aromatic rings. The van der Waals surface area contributed by atoms with Crippen molar-refractivity contribution in [1.82, 2.24) is 15.0 Å². The highest BCUT2D eigenvalue weighted by molar-refractivity contribution is 5.87. The fraction of sp³-hybridized carbons (Fsp3) is 0.222. The Labute approximate surface area is 158 Å². The summed E-state index contributed by atoms with van der Waals surface area (Å²) in [5, 5.41) is 2.81. The van der Waals surface area contributed by atoms with E-state index in [1.54, 1.807) is 6.07 Å². The van der Waals surface area contributed by atoms with Gasteiger partial charge in [0.15, 0.2) is 5.76 Å². The molecule has 1 N–H and O–H groups in total. The third kappa shape index (κ3) is 5.06. The van der Waals surface area contributed by atoms with E-state index in [1.807, 2.05) is 13.8 Å². The number of hydrogen-bond acceptors (Lipinski definition) is 7. The monoisotopic (exact) mass is 394 g/mol. The van der Waals surface area contributed by atoms with E-state index in [0.29, 0.717) is 5.69 Å². The van der Waals surface area contributed by atoms with Gasteiger partial charge in [-0.3, -0.25) is 4.98 Å². The molecule has 0 amide bonds. The van der Waals surface area contributed by atoms with Gasteiger partial charge in [-0.25, -0.2) is 14.8 Å². The van der Waals surface area contributed by atoms with Crippen LogP contribution in [0.15, 0.2) is 47.3 Å². The third-order valence-corrected chi connectivity index (χ3v) is 3.26. The summed E-state index contributed by atoms with van der Waals surface area (Å²) in [6.07, 6.45) is -1.02. The Morgan fingerprint density at radius 3 is 2.32 bits per heavy atom. The van der Waals surface area contributed by atoms with Gasteiger partial charge in [0.25, 0.3) is 6.01 Å². The first-order valence-electron chi connectivity index (χ1n) is 8.17. The summed E-state index contributed by atoms with van der Waals surface area (Å²) < 4.78 is 47.6. The Bertz CT molecular complexity index is 907. The number of pyridine rings is 2. The smallest absolute Gasteiger partial charge is 0.417 e. The molecule has 0 aliphatic heterocycles. The van der Waals surface area contributed by atoms with Crippen molar-refractivity contribution >= 4 is 17.7 Å². The molecule has 0 fully saturated rings. The predicted molar refractivity (Wildman–Crippen MR) is 94.9 cm³/mol. The molecule has 0 saturated carbocycles. The number of nitrogens with zero attached hydrogens (tertiary/aromatic N) is 3. The van der Waals surface area contributed by atoms with Crippen LogP contribution in [0.3, 0.4) is 0 Å². The fourth-order valence-electron chi connectivity index (χ4n) is 1.97. The Morgan fingerprint density at radius 1 is 1.04 bits per heavy atom. The number of oxazole rings is 1. The highest BCUT2D eigenvalue weighted by Gasteiger charge is 2.30. The number of aromatic nitrogens is 3. The molecule has 10 heteroatoms. The molecule has 0 spiro atoms. The lowest BCUT2D eigenvalue weighted by Gasteiger charge is -2.05. The van der Waals surface area contributed by atoms with Crippen LogP contribution in [-0.4, -0.2) is 28.0 Å². The van der Waals surface area contributed by atoms with Gasteiger partial charge in [0.05, 0.1) is 30.8 Å². The van der Waals surface area contributed by atoms with Crippen molar-refractivity contribution in [2.45, 2.75) is 20.0 Å². The van der Waals surface area contributed by atoms with Crippen molar-refractivity contribution in [2.75, 3.05) is 12.4 Å². The minimum absolute atomic E-state index is 0.0920. The number of ether oxygens (including phenoxy) is 1. The number of esters is 1. The topological polar surface area (TPSA) is 90.1 Å². The molecule has 148 valence electrons. The molecule has 3 heterocycles. The van der Waals surface area contributed by atoms with Crippen LogP contribution in [0.25, 0.3) is 11.5 Å². The Morgan fingerprint density at radius 2 is 1.79 bits per heavy atom. The molecular formula is C18H17F3N4O3. The molecule has 28 heavy (non-hydrogen) atoms. The maximum atomic E-state index is 12.5. The van der Waals surface area contributed by atoms with Crippen molar-refractivity contribution < 1.29 is 27.1 Å². The number of nitrogens with one attached hydrogen (secondary N) is 1. The summed E-state index contributed by atoms with van der Waals surface area (Å²) in [7, 11) is 1.25. The second-order valence-corrected chi connectivity index (χ2v) is 5.01. The SMILES string of the molecule is CC.COC(=O)c1ccc(Nc2ncc(-c3ccc(C(F)(F)F)cn3)o2)cn1. The summed E-state index contributed by atoms with van der Waals surface area (Å²) in [5.74, 6) is -0.372. The van der Waals surface area contributed by atoms with Crippen LogP contribution >= 0.6 is 0 Å². The van der Waals surface area contributed by atoms with E-state index in [-0.39, 0.29) is 23.2 Å². The highest BCUT2D eigenvalue weighted by atomic mass is 19.4. The molecule has 0 aliphatic rings. The van der Waals surface area contributed by atoms with E-state index >= 15 is 0 Å². The van der Waals surface area contributed by atoms with E-state index in [1.165, 1.54) is 31.6 Å². The lowest BCUT2D eigenvalue weighted by molar-refractivity contribution is -0.137. The first-order valence-corrected chi connectivity index (χ1v) is 8.17. The molecular weight excluding hydrogens is 377 g/mol. The van der Waals surface area contributed by atoms with Crippen LogP contribution < -0.4 is 5.32 Å². The zero-order valence-electron chi connectivity index (χ0n) is 15.2. The molecule has 0 atom stereocenters. The third-order valence-electron chi connectivity index (χ3n) is 3.26. The quantitative estimate of drug-likeness (QED) is 0.641. The number of carbonyl (C=O) groups is 1. The first-order chi connectivity index (χ1) is 13.4. The van der Waals surface area contributed by atoms with Gasteiger partial charge in [-0.05, 0) is 24.3 Å². The summed E-state index contributed by atoms with van der Waals surface area (Å²) in [4.78, 5) is 22.9. The molecule has 0 saturated heterocycles. The fourth-order valence-corrected chi connectivity index (χ4v) is 1.97. The van der Waals surface area contributed by atoms with Crippen LogP contribution in [0.4, 0.5) is 24.9 Å². The Kier molecular flexibility index (Phi) is 6.69. The molecule has 7 nitrogen and oxygen atoms in total. The van der Waals surface area contributed by atoms with Crippen molar-refractivity contribution in [2.24, 2.45) is 0 Å². The average Bonchev–Trinajstić information content (AvgIpc) is 3.17. The highest BCUT2D eigenvalue weighted by Crippen LogP contribution is 2.30. The summed E-state index contributed by atoms with van der Waals surface area (Å²) in [5.41, 5.74) is -0.0138. The number of halogens is 3. The second kappa shape index (κ2) is 8.98. The van der Waals surface area contributed by atoms with Gasteiger partial charge in [0, 0.05) is 6.20 Å². The minimum atomic E-state index is -4.46. The van der Waals surface area contributed by atoms with E-state index in [9.17, 15) is 18.0 Å². The molecule has 3 aromatic heterocycles. The maximum absolute atomic E-state index is 12.5. The average molecular weight is 394 g/mol. The van der Waals surface area contributed by atoms with E-state index < -0.39 is 17.7 Å². The second-order valence-electron chi connectivity index (χ2n) is 5.01. The first kappa shape index (κ1) is 20.9. The van der Waals surface area contributed by atoms with Gasteiger partial charge in [-0.1, -0.05) is 13.8 Å². The van der Waals surface area contributed by atoms with Gasteiger partial charge in [-0.2, -0.15) is 13.2 Å². The zero-order chi connectivity index (χ0) is 20.7. The number of methoxy groups -OCH3 is 1. The molecule has 3 rings (SSSR count). The standard InChI is InChI=1S/C16H11F3N4O3.C2H6/c1-25-14(24)12-5-3-10(7-21-12)23-15-22-8-13(26-15)11-4-2-9(6-20-11)16(17,18)19;1-2/h2-8H,1H3,(H,22,23);1-2H3. The van der Waals surface area contributed by atoms with E-state index in [4.69, 9.17) is 4.42 Å². The number of anilines is 2. The van der Waals surface area contributed by atoms with Gasteiger partial charge >= 0.3 is 12.1 Å². The molecule has 0 bridgehead atoms. The minimum Gasteiger partial charge on any atom is -0.464 e. The maximum Gasteiger partial charge on any atom is 0.417 e. The van der Waals surface area contributed by atoms with Gasteiger partial charge in [0.1, 0.15) is 11.4 Å². The predicted octanol–water partition coefficient (Wildman–Crippen LogP) is 4.71.